The third kappa shape index (κ3) is 4.48. The van der Waals surface area contributed by atoms with E-state index < -0.39 is 10.0 Å². The molecule has 2 rings (SSSR count). The maximum atomic E-state index is 12.0. The Hall–Kier alpha value is -2.04. The maximum Gasteiger partial charge on any atom is 0.240 e. The molecule has 10 heteroatoms. The molecule has 0 spiro atoms. The predicted octanol–water partition coefficient (Wildman–Crippen LogP) is -0.561. The van der Waals surface area contributed by atoms with Gasteiger partial charge in [-0.05, 0) is 24.3 Å². The lowest BCUT2D eigenvalue weighted by Gasteiger charge is -2.07. The number of ether oxygens (including phenoxy) is 1. The minimum atomic E-state index is -3.65. The van der Waals surface area contributed by atoms with E-state index in [0.717, 1.165) is 0 Å². The fourth-order valence-electron chi connectivity index (χ4n) is 1.47. The molecule has 0 saturated heterocycles. The summed E-state index contributed by atoms with van der Waals surface area (Å²) in [6.45, 7) is 0.374. The number of H-pyrrole nitrogens is 1. The van der Waals surface area contributed by atoms with Gasteiger partial charge in [-0.25, -0.2) is 13.1 Å². The van der Waals surface area contributed by atoms with Crippen LogP contribution in [0, 0.1) is 0 Å². The highest BCUT2D eigenvalue weighted by Gasteiger charge is 2.14. The molecule has 3 N–H and O–H groups in total. The molecule has 0 radical (unpaired) electrons. The summed E-state index contributed by atoms with van der Waals surface area (Å²) in [5, 5.41) is 21.5. The lowest BCUT2D eigenvalue weighted by atomic mass is 10.3. The van der Waals surface area contributed by atoms with Gasteiger partial charge in [0, 0.05) is 13.0 Å². The molecular formula is C11H15N5O4S. The van der Waals surface area contributed by atoms with Crippen molar-refractivity contribution in [1.29, 1.82) is 0 Å². The first-order chi connectivity index (χ1) is 10.1. The van der Waals surface area contributed by atoms with Gasteiger partial charge < -0.3 is 9.84 Å². The molecule has 21 heavy (non-hydrogen) atoms. The van der Waals surface area contributed by atoms with Gasteiger partial charge in [-0.15, -0.1) is 10.2 Å². The van der Waals surface area contributed by atoms with E-state index >= 15 is 0 Å². The first kappa shape index (κ1) is 15.4. The Labute approximate surface area is 121 Å². The highest BCUT2D eigenvalue weighted by atomic mass is 32.2. The van der Waals surface area contributed by atoms with Crippen LogP contribution in [0.15, 0.2) is 29.2 Å². The normalized spacial score (nSPS) is 11.5. The molecule has 0 aliphatic rings. The molecule has 0 amide bonds. The van der Waals surface area contributed by atoms with Crippen molar-refractivity contribution in [2.45, 2.75) is 17.9 Å². The first-order valence-corrected chi connectivity index (χ1v) is 7.66. The third-order valence-corrected chi connectivity index (χ3v) is 3.93. The average molecular weight is 313 g/mol. The number of sulfonamides is 1. The van der Waals surface area contributed by atoms with Crippen LogP contribution in [-0.2, 0) is 16.6 Å². The molecule has 2 aromatic rings. The Kier molecular flexibility index (Phi) is 5.20. The van der Waals surface area contributed by atoms with Crippen LogP contribution in [0.25, 0.3) is 0 Å². The van der Waals surface area contributed by atoms with E-state index in [9.17, 15) is 8.42 Å². The van der Waals surface area contributed by atoms with Gasteiger partial charge in [0.15, 0.2) is 5.82 Å². The van der Waals surface area contributed by atoms with Crippen LogP contribution < -0.4 is 9.46 Å². The van der Waals surface area contributed by atoms with Crippen LogP contribution in [0.3, 0.4) is 0 Å². The summed E-state index contributed by atoms with van der Waals surface area (Å²) in [7, 11) is -3.65. The molecule has 0 saturated carbocycles. The highest BCUT2D eigenvalue weighted by molar-refractivity contribution is 7.89. The molecule has 0 unspecified atom stereocenters. The molecule has 0 atom stereocenters. The number of nitrogens with one attached hydrogen (secondary N) is 2. The summed E-state index contributed by atoms with van der Waals surface area (Å²) in [5.74, 6) is 0.795. The molecule has 9 nitrogen and oxygen atoms in total. The van der Waals surface area contributed by atoms with Crippen molar-refractivity contribution in [2.24, 2.45) is 0 Å². The Balaban J connectivity index is 1.96. The number of hydrogen-bond acceptors (Lipinski definition) is 7. The van der Waals surface area contributed by atoms with Gasteiger partial charge in [0.1, 0.15) is 5.75 Å². The Morgan fingerprint density at radius 1 is 1.29 bits per heavy atom. The van der Waals surface area contributed by atoms with Crippen LogP contribution in [0.4, 0.5) is 0 Å². The number of rotatable bonds is 8. The zero-order valence-corrected chi connectivity index (χ0v) is 11.9. The number of hydrogen-bond donors (Lipinski definition) is 3. The summed E-state index contributed by atoms with van der Waals surface area (Å²) in [4.78, 5) is 0.112. The minimum absolute atomic E-state index is 0.0480. The number of aliphatic hydroxyl groups is 1. The van der Waals surface area contributed by atoms with E-state index in [1.165, 1.54) is 12.1 Å². The first-order valence-electron chi connectivity index (χ1n) is 6.17. The number of tetrazole rings is 1. The van der Waals surface area contributed by atoms with Gasteiger partial charge in [-0.1, -0.05) is 5.21 Å². The second-order valence-corrected chi connectivity index (χ2v) is 5.82. The fraction of sp³-hybridized carbons (Fsp3) is 0.364. The number of benzene rings is 1. The van der Waals surface area contributed by atoms with Crippen molar-refractivity contribution in [1.82, 2.24) is 25.3 Å². The highest BCUT2D eigenvalue weighted by Crippen LogP contribution is 2.16. The van der Waals surface area contributed by atoms with Crippen LogP contribution >= 0.6 is 0 Å². The molecular weight excluding hydrogens is 298 g/mol. The van der Waals surface area contributed by atoms with Gasteiger partial charge in [-0.3, -0.25) is 0 Å². The lowest BCUT2D eigenvalue weighted by Crippen LogP contribution is -2.23. The Morgan fingerprint density at radius 3 is 2.67 bits per heavy atom. The zero-order chi connectivity index (χ0) is 15.1. The minimum Gasteiger partial charge on any atom is -0.494 e. The van der Waals surface area contributed by atoms with E-state index in [1.807, 2.05) is 0 Å². The predicted molar refractivity (Wildman–Crippen MR) is 71.8 cm³/mol. The standard InChI is InChI=1S/C11H15N5O4S/c17-6-1-7-20-9-2-4-10(5-3-9)21(18,19)12-8-11-13-15-16-14-11/h2-5,12,17H,1,6-8H2,(H,13,14,15,16). The second kappa shape index (κ2) is 7.11. The topological polar surface area (TPSA) is 130 Å². The van der Waals surface area contributed by atoms with Crippen molar-refractivity contribution in [3.8, 4) is 5.75 Å². The van der Waals surface area contributed by atoms with E-state index in [4.69, 9.17) is 9.84 Å². The number of aliphatic hydroxyl groups excluding tert-OH is 1. The van der Waals surface area contributed by atoms with Crippen LogP contribution in [0.5, 0.6) is 5.75 Å². The van der Waals surface area contributed by atoms with Crippen LogP contribution in [-0.4, -0.2) is 47.4 Å². The molecule has 114 valence electrons. The van der Waals surface area contributed by atoms with Crippen LogP contribution in [0.2, 0.25) is 0 Å². The van der Waals surface area contributed by atoms with E-state index in [-0.39, 0.29) is 23.9 Å². The lowest BCUT2D eigenvalue weighted by molar-refractivity contribution is 0.233. The SMILES string of the molecule is O=S(=O)(NCc1nn[nH]n1)c1ccc(OCCCO)cc1. The largest absolute Gasteiger partial charge is 0.494 e. The van der Waals surface area contributed by atoms with Gasteiger partial charge in [-0.2, -0.15) is 5.21 Å². The molecule has 0 aliphatic carbocycles. The summed E-state index contributed by atoms with van der Waals surface area (Å²) >= 11 is 0. The molecule has 1 aromatic heterocycles. The van der Waals surface area contributed by atoms with E-state index in [0.29, 0.717) is 18.8 Å². The monoisotopic (exact) mass is 313 g/mol. The molecule has 0 fully saturated rings. The molecule has 0 aliphatic heterocycles. The second-order valence-electron chi connectivity index (χ2n) is 4.05. The van der Waals surface area contributed by atoms with Crippen molar-refractivity contribution in [2.75, 3.05) is 13.2 Å². The Bertz CT molecular complexity index is 642. The quantitative estimate of drug-likeness (QED) is 0.557. The zero-order valence-electron chi connectivity index (χ0n) is 11.1. The smallest absolute Gasteiger partial charge is 0.240 e. The van der Waals surface area contributed by atoms with Crippen LogP contribution in [0.1, 0.15) is 12.2 Å². The third-order valence-electron chi connectivity index (χ3n) is 2.51. The Morgan fingerprint density at radius 2 is 2.05 bits per heavy atom. The van der Waals surface area contributed by atoms with Gasteiger partial charge in [0.2, 0.25) is 10.0 Å². The average Bonchev–Trinajstić information content (AvgIpc) is 3.00. The summed E-state index contributed by atoms with van der Waals surface area (Å²) < 4.78 is 31.7. The van der Waals surface area contributed by atoms with Crippen molar-refractivity contribution in [3.63, 3.8) is 0 Å². The molecule has 1 aromatic carbocycles. The van der Waals surface area contributed by atoms with Crippen molar-refractivity contribution in [3.05, 3.63) is 30.1 Å². The van der Waals surface area contributed by atoms with Gasteiger partial charge in [0.05, 0.1) is 18.0 Å². The summed E-state index contributed by atoms with van der Waals surface area (Å²) in [6.07, 6.45) is 0.520. The van der Waals surface area contributed by atoms with E-state index in [2.05, 4.69) is 25.3 Å². The van der Waals surface area contributed by atoms with Gasteiger partial charge >= 0.3 is 0 Å². The summed E-state index contributed by atoms with van der Waals surface area (Å²) in [5.41, 5.74) is 0. The van der Waals surface area contributed by atoms with E-state index in [1.54, 1.807) is 12.1 Å². The maximum absolute atomic E-state index is 12.0. The fourth-order valence-corrected chi connectivity index (χ4v) is 2.45. The number of nitrogens with zero attached hydrogens (tertiary/aromatic N) is 3. The van der Waals surface area contributed by atoms with Crippen molar-refractivity contribution >= 4 is 10.0 Å². The molecule has 1 heterocycles. The van der Waals surface area contributed by atoms with Crippen molar-refractivity contribution < 1.29 is 18.3 Å². The molecule has 0 bridgehead atoms. The summed E-state index contributed by atoms with van der Waals surface area (Å²) in [6, 6.07) is 5.99. The van der Waals surface area contributed by atoms with Gasteiger partial charge in [0.25, 0.3) is 0 Å². The number of aromatic amines is 1. The number of aromatic nitrogens is 4.